The van der Waals surface area contributed by atoms with E-state index in [1.807, 2.05) is 79.7 Å². The van der Waals surface area contributed by atoms with Gasteiger partial charge in [-0.2, -0.15) is 0 Å². The standard InChI is InChI=1S/C13H12O2.4C2H6/c14-12-5-1-10(2-6-12)9-11-3-7-13(15)8-4-11;4*1-2/h1-8,14-15H,9H2;4*1-2H3. The number of aromatic hydroxyl groups is 2. The Labute approximate surface area is 143 Å². The van der Waals surface area contributed by atoms with Gasteiger partial charge in [0.15, 0.2) is 0 Å². The van der Waals surface area contributed by atoms with Crippen LogP contribution in [-0.4, -0.2) is 10.2 Å². The molecule has 0 radical (unpaired) electrons. The number of phenols is 2. The number of phenolic OH excluding ortho intramolecular Hbond substituents is 2. The van der Waals surface area contributed by atoms with E-state index in [-0.39, 0.29) is 11.5 Å². The van der Waals surface area contributed by atoms with Crippen LogP contribution >= 0.6 is 0 Å². The van der Waals surface area contributed by atoms with E-state index in [9.17, 15) is 0 Å². The lowest BCUT2D eigenvalue weighted by atomic mass is 10.1. The van der Waals surface area contributed by atoms with Crippen molar-refractivity contribution < 1.29 is 10.2 Å². The van der Waals surface area contributed by atoms with Gasteiger partial charge < -0.3 is 10.2 Å². The molecule has 0 saturated carbocycles. The molecule has 2 aromatic carbocycles. The first-order valence-electron chi connectivity index (χ1n) is 8.80. The SMILES string of the molecule is CC.CC.CC.CC.Oc1ccc(Cc2ccc(O)cc2)cc1. The molecule has 0 aliphatic rings. The van der Waals surface area contributed by atoms with E-state index in [1.54, 1.807) is 24.3 Å². The van der Waals surface area contributed by atoms with Crippen molar-refractivity contribution in [3.8, 4) is 11.5 Å². The van der Waals surface area contributed by atoms with Crippen LogP contribution in [0, 0.1) is 0 Å². The molecule has 2 aromatic rings. The Morgan fingerprint density at radius 2 is 0.696 bits per heavy atom. The second-order valence-electron chi connectivity index (χ2n) is 3.51. The zero-order valence-electron chi connectivity index (χ0n) is 16.2. The minimum absolute atomic E-state index is 0.282. The molecule has 0 heterocycles. The average Bonchev–Trinajstić information content (AvgIpc) is 2.66. The van der Waals surface area contributed by atoms with E-state index < -0.39 is 0 Å². The third-order valence-corrected chi connectivity index (χ3v) is 2.28. The van der Waals surface area contributed by atoms with Gasteiger partial charge in [0.2, 0.25) is 0 Å². The first kappa shape index (κ1) is 26.0. The summed E-state index contributed by atoms with van der Waals surface area (Å²) in [6, 6.07) is 14.3. The van der Waals surface area contributed by atoms with Gasteiger partial charge in [-0.05, 0) is 41.8 Å². The van der Waals surface area contributed by atoms with Crippen molar-refractivity contribution in [3.05, 3.63) is 59.7 Å². The van der Waals surface area contributed by atoms with Crippen molar-refractivity contribution in [3.63, 3.8) is 0 Å². The van der Waals surface area contributed by atoms with Gasteiger partial charge in [-0.15, -0.1) is 0 Å². The molecule has 2 N–H and O–H groups in total. The first-order valence-corrected chi connectivity index (χ1v) is 8.80. The monoisotopic (exact) mass is 320 g/mol. The Bertz CT molecular complexity index is 387. The number of hydrogen-bond acceptors (Lipinski definition) is 2. The van der Waals surface area contributed by atoms with Crippen LogP contribution in [0.4, 0.5) is 0 Å². The predicted molar refractivity (Wildman–Crippen MR) is 104 cm³/mol. The Balaban J connectivity index is -0.000000438. The maximum Gasteiger partial charge on any atom is 0.115 e. The summed E-state index contributed by atoms with van der Waals surface area (Å²) in [5.41, 5.74) is 2.27. The van der Waals surface area contributed by atoms with Crippen LogP contribution in [0.2, 0.25) is 0 Å². The van der Waals surface area contributed by atoms with Gasteiger partial charge in [-0.25, -0.2) is 0 Å². The Morgan fingerprint density at radius 3 is 0.913 bits per heavy atom. The molecule has 0 aliphatic carbocycles. The van der Waals surface area contributed by atoms with E-state index in [0.717, 1.165) is 17.5 Å². The molecule has 23 heavy (non-hydrogen) atoms. The highest BCUT2D eigenvalue weighted by Crippen LogP contribution is 2.15. The van der Waals surface area contributed by atoms with Gasteiger partial charge in [-0.1, -0.05) is 79.7 Å². The van der Waals surface area contributed by atoms with Gasteiger partial charge in [0.05, 0.1) is 0 Å². The van der Waals surface area contributed by atoms with E-state index in [1.165, 1.54) is 0 Å². The van der Waals surface area contributed by atoms with Gasteiger partial charge in [0.1, 0.15) is 11.5 Å². The lowest BCUT2D eigenvalue weighted by molar-refractivity contribution is 0.475. The maximum absolute atomic E-state index is 9.13. The molecule has 0 bridgehead atoms. The molecule has 0 amide bonds. The highest BCUT2D eigenvalue weighted by Gasteiger charge is 1.96. The normalized spacial score (nSPS) is 7.65. The van der Waals surface area contributed by atoms with Crippen molar-refractivity contribution in [1.29, 1.82) is 0 Å². The molecule has 0 atom stereocenters. The summed E-state index contributed by atoms with van der Waals surface area (Å²) in [5.74, 6) is 0.564. The van der Waals surface area contributed by atoms with Crippen LogP contribution < -0.4 is 0 Å². The summed E-state index contributed by atoms with van der Waals surface area (Å²) in [7, 11) is 0. The highest BCUT2D eigenvalue weighted by molar-refractivity contribution is 5.32. The van der Waals surface area contributed by atoms with Crippen molar-refractivity contribution >= 4 is 0 Å². The van der Waals surface area contributed by atoms with Crippen molar-refractivity contribution in [1.82, 2.24) is 0 Å². The topological polar surface area (TPSA) is 40.5 Å². The van der Waals surface area contributed by atoms with E-state index in [2.05, 4.69) is 0 Å². The highest BCUT2D eigenvalue weighted by atomic mass is 16.3. The summed E-state index contributed by atoms with van der Waals surface area (Å²) >= 11 is 0. The predicted octanol–water partition coefficient (Wildman–Crippen LogP) is 6.79. The quantitative estimate of drug-likeness (QED) is 0.639. The van der Waals surface area contributed by atoms with Gasteiger partial charge >= 0.3 is 0 Å². The van der Waals surface area contributed by atoms with E-state index >= 15 is 0 Å². The van der Waals surface area contributed by atoms with Crippen LogP contribution in [0.3, 0.4) is 0 Å². The number of benzene rings is 2. The van der Waals surface area contributed by atoms with Gasteiger partial charge in [-0.3, -0.25) is 0 Å². The van der Waals surface area contributed by atoms with E-state index in [0.29, 0.717) is 0 Å². The summed E-state index contributed by atoms with van der Waals surface area (Å²) in [6.07, 6.45) is 0.806. The molecule has 132 valence electrons. The third-order valence-electron chi connectivity index (χ3n) is 2.28. The molecule has 2 rings (SSSR count). The number of rotatable bonds is 2. The molecule has 0 unspecified atom stereocenters. The smallest absolute Gasteiger partial charge is 0.115 e. The van der Waals surface area contributed by atoms with Crippen LogP contribution in [0.1, 0.15) is 66.5 Å². The fourth-order valence-electron chi connectivity index (χ4n) is 1.46. The minimum atomic E-state index is 0.282. The van der Waals surface area contributed by atoms with Crippen LogP contribution in [0.5, 0.6) is 11.5 Å². The zero-order valence-corrected chi connectivity index (χ0v) is 16.2. The average molecular weight is 321 g/mol. The summed E-state index contributed by atoms with van der Waals surface area (Å²) < 4.78 is 0. The number of hydrogen-bond donors (Lipinski definition) is 2. The Morgan fingerprint density at radius 1 is 0.478 bits per heavy atom. The lowest BCUT2D eigenvalue weighted by Crippen LogP contribution is -1.86. The second kappa shape index (κ2) is 20.0. The first-order chi connectivity index (χ1) is 11.2. The third kappa shape index (κ3) is 13.4. The minimum Gasteiger partial charge on any atom is -0.508 e. The molecule has 0 fully saturated rings. The largest absolute Gasteiger partial charge is 0.508 e. The molecule has 0 saturated heterocycles. The molecular formula is C21H36O2. The van der Waals surface area contributed by atoms with Crippen LogP contribution in [0.15, 0.2) is 48.5 Å². The Hall–Kier alpha value is -1.96. The second-order valence-corrected chi connectivity index (χ2v) is 3.51. The molecule has 0 aromatic heterocycles. The molecule has 0 spiro atoms. The van der Waals surface area contributed by atoms with Crippen LogP contribution in [-0.2, 0) is 6.42 Å². The molecule has 2 nitrogen and oxygen atoms in total. The maximum atomic E-state index is 9.13. The molecular weight excluding hydrogens is 284 g/mol. The Kier molecular flexibility index (Phi) is 22.6. The van der Waals surface area contributed by atoms with E-state index in [4.69, 9.17) is 10.2 Å². The van der Waals surface area contributed by atoms with Crippen molar-refractivity contribution in [2.75, 3.05) is 0 Å². The summed E-state index contributed by atoms with van der Waals surface area (Å²) in [5, 5.41) is 18.3. The van der Waals surface area contributed by atoms with Crippen LogP contribution in [0.25, 0.3) is 0 Å². The fourth-order valence-corrected chi connectivity index (χ4v) is 1.46. The summed E-state index contributed by atoms with van der Waals surface area (Å²) in [4.78, 5) is 0. The van der Waals surface area contributed by atoms with Crippen molar-refractivity contribution in [2.24, 2.45) is 0 Å². The molecule has 0 aliphatic heterocycles. The van der Waals surface area contributed by atoms with Gasteiger partial charge in [0, 0.05) is 0 Å². The van der Waals surface area contributed by atoms with Gasteiger partial charge in [0.25, 0.3) is 0 Å². The zero-order chi connectivity index (χ0) is 18.7. The lowest BCUT2D eigenvalue weighted by Gasteiger charge is -2.02. The summed E-state index contributed by atoms with van der Waals surface area (Å²) in [6.45, 7) is 16.0. The molecule has 2 heteroatoms. The van der Waals surface area contributed by atoms with Crippen molar-refractivity contribution in [2.45, 2.75) is 61.8 Å². The fraction of sp³-hybridized carbons (Fsp3) is 0.429.